The van der Waals surface area contributed by atoms with Gasteiger partial charge in [0, 0.05) is 15.9 Å². The van der Waals surface area contributed by atoms with Crippen molar-refractivity contribution in [3.05, 3.63) is 23.7 Å². The van der Waals surface area contributed by atoms with Crippen LogP contribution in [0.25, 0.3) is 0 Å². The maximum atomic E-state index is 12.0. The van der Waals surface area contributed by atoms with Gasteiger partial charge in [0.1, 0.15) is 5.76 Å². The molecule has 0 fully saturated rings. The van der Waals surface area contributed by atoms with Crippen LogP contribution in [0.1, 0.15) is 40.4 Å². The predicted molar refractivity (Wildman–Crippen MR) is 45.1 cm³/mol. The summed E-state index contributed by atoms with van der Waals surface area (Å²) < 4.78 is 27.4. The highest BCUT2D eigenvalue weighted by Gasteiger charge is 2.35. The minimum Gasteiger partial charge on any atom is -0.469 e. The molecule has 0 saturated heterocycles. The molecule has 64 valence electrons. The van der Waals surface area contributed by atoms with Gasteiger partial charge >= 0.3 is 0 Å². The number of ketones is 1. The van der Waals surface area contributed by atoms with Crippen LogP contribution in [0.5, 0.6) is 0 Å². The van der Waals surface area contributed by atoms with Gasteiger partial charge in [-0.15, -0.1) is 0 Å². The molecular formula is C10H12O2. The number of hydrogen-bond acceptors (Lipinski definition) is 2. The maximum absolute atomic E-state index is 12.0. The number of Topliss-reactive ketones (excluding diaryl/α,β-unsaturated/α-hetero) is 1. The van der Waals surface area contributed by atoms with Gasteiger partial charge in [-0.2, -0.15) is 0 Å². The molecular weight excluding hydrogens is 152 g/mol. The molecule has 1 aliphatic carbocycles. The Balaban J connectivity index is 2.47. The third-order valence-electron chi connectivity index (χ3n) is 2.34. The van der Waals surface area contributed by atoms with E-state index in [0.717, 1.165) is 0 Å². The molecule has 1 unspecified atom stereocenters. The summed E-state index contributed by atoms with van der Waals surface area (Å²) in [5.41, 5.74) is -0.830. The lowest BCUT2D eigenvalue weighted by Crippen LogP contribution is -2.29. The lowest BCUT2D eigenvalue weighted by Gasteiger charge is -2.26. The summed E-state index contributed by atoms with van der Waals surface area (Å²) >= 11 is 0. The zero-order valence-corrected chi connectivity index (χ0v) is 6.89. The van der Waals surface area contributed by atoms with Crippen molar-refractivity contribution >= 4 is 5.78 Å². The SMILES string of the molecule is [2H]C([2H])([2H])C1(C)CCc2occc2C1=O. The van der Waals surface area contributed by atoms with E-state index < -0.39 is 12.3 Å². The van der Waals surface area contributed by atoms with E-state index in [9.17, 15) is 4.79 Å². The summed E-state index contributed by atoms with van der Waals surface area (Å²) in [4.78, 5) is 12.0. The molecule has 0 aliphatic heterocycles. The van der Waals surface area contributed by atoms with Crippen LogP contribution in [0.15, 0.2) is 16.7 Å². The zero-order chi connectivity index (χ0) is 11.3. The minimum atomic E-state index is -2.25. The number of rotatable bonds is 0. The molecule has 1 atom stereocenters. The van der Waals surface area contributed by atoms with Crippen LogP contribution in [0.4, 0.5) is 0 Å². The number of hydrogen-bond donors (Lipinski definition) is 0. The van der Waals surface area contributed by atoms with Crippen molar-refractivity contribution < 1.29 is 13.3 Å². The Morgan fingerprint density at radius 2 is 2.58 bits per heavy atom. The fourth-order valence-electron chi connectivity index (χ4n) is 1.51. The lowest BCUT2D eigenvalue weighted by atomic mass is 9.76. The van der Waals surface area contributed by atoms with E-state index in [4.69, 9.17) is 8.53 Å². The van der Waals surface area contributed by atoms with Gasteiger partial charge in [0.2, 0.25) is 0 Å². The first-order valence-electron chi connectivity index (χ1n) is 5.47. The van der Waals surface area contributed by atoms with Crippen molar-refractivity contribution in [2.75, 3.05) is 0 Å². The van der Waals surface area contributed by atoms with Crippen LogP contribution in [0.2, 0.25) is 0 Å². The van der Waals surface area contributed by atoms with E-state index >= 15 is 0 Å². The summed E-state index contributed by atoms with van der Waals surface area (Å²) in [5, 5.41) is 0. The first-order chi connectivity index (χ1) is 6.86. The lowest BCUT2D eigenvalue weighted by molar-refractivity contribution is 0.0805. The van der Waals surface area contributed by atoms with Crippen LogP contribution in [-0.2, 0) is 6.42 Å². The van der Waals surface area contributed by atoms with Crippen molar-refractivity contribution in [3.63, 3.8) is 0 Å². The highest BCUT2D eigenvalue weighted by atomic mass is 16.3. The maximum Gasteiger partial charge on any atom is 0.171 e. The van der Waals surface area contributed by atoms with Gasteiger partial charge in [-0.3, -0.25) is 4.79 Å². The third kappa shape index (κ3) is 0.909. The zero-order valence-electron chi connectivity index (χ0n) is 9.89. The fourth-order valence-corrected chi connectivity index (χ4v) is 1.51. The molecule has 0 radical (unpaired) electrons. The molecule has 12 heavy (non-hydrogen) atoms. The van der Waals surface area contributed by atoms with Crippen LogP contribution in [0, 0.1) is 5.41 Å². The molecule has 0 aromatic carbocycles. The molecule has 0 N–H and O–H groups in total. The Labute approximate surface area is 75.8 Å². The summed E-state index contributed by atoms with van der Waals surface area (Å²) in [6.07, 6.45) is 2.28. The summed E-state index contributed by atoms with van der Waals surface area (Å²) in [6.45, 7) is -0.739. The van der Waals surface area contributed by atoms with E-state index in [1.54, 1.807) is 6.07 Å². The third-order valence-corrected chi connectivity index (χ3v) is 2.34. The standard InChI is InChI=1S/C10H12O2/c1-10(2)5-3-8-7(9(10)11)4-6-12-8/h4,6H,3,5H2,1-2H3/i1D3. The Hall–Kier alpha value is -1.05. The number of carbonyl (C=O) groups excluding carboxylic acids is 1. The van der Waals surface area contributed by atoms with Gasteiger partial charge in [-0.05, 0) is 12.5 Å². The molecule has 2 nitrogen and oxygen atoms in total. The van der Waals surface area contributed by atoms with Crippen LogP contribution in [-0.4, -0.2) is 5.78 Å². The molecule has 1 aromatic heterocycles. The summed E-state index contributed by atoms with van der Waals surface area (Å²) in [7, 11) is 0. The van der Waals surface area contributed by atoms with Crippen LogP contribution < -0.4 is 0 Å². The quantitative estimate of drug-likeness (QED) is 0.594. The van der Waals surface area contributed by atoms with Crippen molar-refractivity contribution in [2.45, 2.75) is 26.6 Å². The van der Waals surface area contributed by atoms with Crippen molar-refractivity contribution in [1.82, 2.24) is 0 Å². The molecule has 0 bridgehead atoms. The molecule has 0 amide bonds. The smallest absolute Gasteiger partial charge is 0.171 e. The van der Waals surface area contributed by atoms with E-state index in [0.29, 0.717) is 24.2 Å². The largest absolute Gasteiger partial charge is 0.469 e. The first kappa shape index (κ1) is 4.85. The van der Waals surface area contributed by atoms with Gasteiger partial charge < -0.3 is 4.42 Å². The molecule has 2 rings (SSSR count). The summed E-state index contributed by atoms with van der Waals surface area (Å²) in [5.74, 6) is 0.291. The molecule has 1 heterocycles. The number of furan rings is 1. The second-order valence-electron chi connectivity index (χ2n) is 3.42. The minimum absolute atomic E-state index is 0.322. The number of aryl methyl sites for hydroxylation is 1. The molecule has 1 aromatic rings. The molecule has 1 aliphatic rings. The van der Waals surface area contributed by atoms with E-state index in [1.165, 1.54) is 13.2 Å². The van der Waals surface area contributed by atoms with Gasteiger partial charge in [-0.1, -0.05) is 13.8 Å². The Morgan fingerprint density at radius 1 is 1.75 bits per heavy atom. The normalized spacial score (nSPS) is 33.4. The second-order valence-corrected chi connectivity index (χ2v) is 3.42. The number of carbonyl (C=O) groups is 1. The molecule has 0 saturated carbocycles. The Bertz CT molecular complexity index is 405. The fraction of sp³-hybridized carbons (Fsp3) is 0.500. The highest BCUT2D eigenvalue weighted by Crippen LogP contribution is 2.34. The van der Waals surface area contributed by atoms with Crippen molar-refractivity contribution in [2.24, 2.45) is 5.41 Å². The monoisotopic (exact) mass is 167 g/mol. The summed E-state index contributed by atoms with van der Waals surface area (Å²) in [6, 6.07) is 1.56. The Morgan fingerprint density at radius 3 is 3.33 bits per heavy atom. The van der Waals surface area contributed by atoms with Gasteiger partial charge in [0.05, 0.1) is 11.8 Å². The topological polar surface area (TPSA) is 30.2 Å². The van der Waals surface area contributed by atoms with Crippen molar-refractivity contribution in [3.8, 4) is 0 Å². The van der Waals surface area contributed by atoms with Crippen LogP contribution in [0.3, 0.4) is 0 Å². The van der Waals surface area contributed by atoms with E-state index in [-0.39, 0.29) is 5.78 Å². The van der Waals surface area contributed by atoms with Gasteiger partial charge in [0.25, 0.3) is 0 Å². The van der Waals surface area contributed by atoms with Crippen molar-refractivity contribution in [1.29, 1.82) is 0 Å². The van der Waals surface area contributed by atoms with Gasteiger partial charge in [-0.25, -0.2) is 0 Å². The predicted octanol–water partition coefficient (Wildman–Crippen LogP) is 2.43. The number of fused-ring (bicyclic) bond motifs is 1. The van der Waals surface area contributed by atoms with Gasteiger partial charge in [0.15, 0.2) is 5.78 Å². The van der Waals surface area contributed by atoms with E-state index in [1.807, 2.05) is 0 Å². The molecule has 2 heteroatoms. The average molecular weight is 167 g/mol. The molecule has 0 spiro atoms. The Kier molecular flexibility index (Phi) is 0.897. The van der Waals surface area contributed by atoms with Crippen LogP contribution >= 0.6 is 0 Å². The van der Waals surface area contributed by atoms with E-state index in [2.05, 4.69) is 0 Å². The second kappa shape index (κ2) is 2.22. The average Bonchev–Trinajstić information content (AvgIpc) is 2.58. The first-order valence-corrected chi connectivity index (χ1v) is 3.97. The highest BCUT2D eigenvalue weighted by molar-refractivity contribution is 6.01.